The Balaban J connectivity index is 1.18. The molecule has 68 heavy (non-hydrogen) atoms. The third-order valence-electron chi connectivity index (χ3n) is 18.7. The predicted octanol–water partition coefficient (Wildman–Crippen LogP) is 19.5. The molecule has 4 aliphatic rings. The lowest BCUT2D eigenvalue weighted by Crippen LogP contribution is -2.09. The van der Waals surface area contributed by atoms with Gasteiger partial charge in [-0.25, -0.2) is 0 Å². The molecule has 11 aromatic rings. The Kier molecular flexibility index (Phi) is 9.34. The molecule has 338 valence electrons. The lowest BCUT2D eigenvalue weighted by molar-refractivity contribution is 0.437. The van der Waals surface area contributed by atoms with Gasteiger partial charge in [0.05, 0.1) is 33.1 Å². The summed E-state index contributed by atoms with van der Waals surface area (Å²) in [5, 5.41) is 11.9. The third kappa shape index (κ3) is 5.94. The standard InChI is InChI=1S/C66H64N2/c1-7-19-41(20-8-1)47-31-33-51-57(39-47)67-63-53(45-27-15-5-16-28-45)35-49(43-23-11-3-12-24-43)37-55(63)62-60-52-34-32-48(42-21-9-2-10-22-42)40-58(52)68-64-54(46-29-17-6-18-30-46)36-50(44-25-13-4-14-26-44)38-56(64)61(66(60)68)59(51)65(62)67/h1-2,7-10,19-22,31-40,43-46H,3-6,11-18,23-30H2. The van der Waals surface area contributed by atoms with E-state index in [4.69, 9.17) is 0 Å². The number of aromatic nitrogens is 2. The fourth-order valence-corrected chi connectivity index (χ4v) is 15.4. The van der Waals surface area contributed by atoms with Crippen molar-refractivity contribution in [2.75, 3.05) is 0 Å². The molecular formula is C66H64N2. The summed E-state index contributed by atoms with van der Waals surface area (Å²) in [6, 6.07) is 48.6. The quantitative estimate of drug-likeness (QED) is 0.157. The van der Waals surface area contributed by atoms with Crippen LogP contribution in [0.1, 0.15) is 174 Å². The summed E-state index contributed by atoms with van der Waals surface area (Å²) in [5.41, 5.74) is 20.5. The minimum absolute atomic E-state index is 0.592. The Morgan fingerprint density at radius 2 is 0.632 bits per heavy atom. The summed E-state index contributed by atoms with van der Waals surface area (Å²) in [6.45, 7) is 0. The van der Waals surface area contributed by atoms with Crippen molar-refractivity contribution in [3.8, 4) is 22.3 Å². The SMILES string of the molecule is c1ccc(-c2ccc3c4c5c6cc(C7CCCCC7)cc(C7CCCCC7)c6n6c7cc(-c8ccccc8)ccc7c(c7c8cc(C9CCCCC9)cc(C9CCCCC9)c8n(c3c2)c47)c56)cc1. The summed E-state index contributed by atoms with van der Waals surface area (Å²) in [7, 11) is 0. The molecule has 0 bridgehead atoms. The molecule has 0 spiro atoms. The second-order valence-corrected chi connectivity index (χ2v) is 22.4. The Morgan fingerprint density at radius 1 is 0.279 bits per heavy atom. The summed E-state index contributed by atoms with van der Waals surface area (Å²) < 4.78 is 5.72. The molecule has 4 heterocycles. The van der Waals surface area contributed by atoms with Gasteiger partial charge in [0.2, 0.25) is 0 Å². The van der Waals surface area contributed by atoms with Crippen LogP contribution in [0.25, 0.3) is 98.4 Å². The lowest BCUT2D eigenvalue weighted by atomic mass is 9.78. The van der Waals surface area contributed by atoms with Crippen LogP contribution in [-0.4, -0.2) is 8.80 Å². The van der Waals surface area contributed by atoms with E-state index in [-0.39, 0.29) is 0 Å². The van der Waals surface area contributed by atoms with Gasteiger partial charge in [0.25, 0.3) is 0 Å². The molecule has 2 nitrogen and oxygen atoms in total. The fourth-order valence-electron chi connectivity index (χ4n) is 15.4. The largest absolute Gasteiger partial charge is 0.308 e. The maximum absolute atomic E-state index is 2.86. The van der Waals surface area contributed by atoms with E-state index in [0.717, 1.165) is 0 Å². The number of rotatable bonds is 6. The van der Waals surface area contributed by atoms with Crippen LogP contribution < -0.4 is 0 Å². The summed E-state index contributed by atoms with van der Waals surface area (Å²) in [5.74, 6) is 2.48. The first-order valence-corrected chi connectivity index (χ1v) is 27.4. The molecular weight excluding hydrogens is 821 g/mol. The smallest absolute Gasteiger partial charge is 0.0634 e. The van der Waals surface area contributed by atoms with Gasteiger partial charge in [0.1, 0.15) is 0 Å². The monoisotopic (exact) mass is 885 g/mol. The second-order valence-electron chi connectivity index (χ2n) is 22.4. The van der Waals surface area contributed by atoms with E-state index in [9.17, 15) is 0 Å². The number of nitrogens with zero attached hydrogens (tertiary/aromatic N) is 2. The van der Waals surface area contributed by atoms with Crippen molar-refractivity contribution in [2.24, 2.45) is 0 Å². The van der Waals surface area contributed by atoms with Gasteiger partial charge in [-0.2, -0.15) is 0 Å². The van der Waals surface area contributed by atoms with Crippen LogP contribution in [0, 0.1) is 0 Å². The van der Waals surface area contributed by atoms with Gasteiger partial charge >= 0.3 is 0 Å². The number of hydrogen-bond donors (Lipinski definition) is 0. The van der Waals surface area contributed by atoms with Crippen LogP contribution in [-0.2, 0) is 0 Å². The highest BCUT2D eigenvalue weighted by Gasteiger charge is 2.34. The first-order chi connectivity index (χ1) is 33.8. The molecule has 0 atom stereocenters. The molecule has 2 heteroatoms. The van der Waals surface area contributed by atoms with Crippen molar-refractivity contribution in [3.05, 3.63) is 144 Å². The van der Waals surface area contributed by atoms with Crippen molar-refractivity contribution < 1.29 is 0 Å². The number of fused-ring (bicyclic) bond motifs is 14. The van der Waals surface area contributed by atoms with Crippen LogP contribution in [0.3, 0.4) is 0 Å². The number of benzene rings is 7. The van der Waals surface area contributed by atoms with Gasteiger partial charge in [0.15, 0.2) is 0 Å². The molecule has 0 radical (unpaired) electrons. The molecule has 4 saturated carbocycles. The normalized spacial score (nSPS) is 18.9. The maximum Gasteiger partial charge on any atom is 0.0634 e. The molecule has 4 aromatic heterocycles. The van der Waals surface area contributed by atoms with E-state index in [0.29, 0.717) is 23.7 Å². The predicted molar refractivity (Wildman–Crippen MR) is 290 cm³/mol. The average Bonchev–Trinajstić information content (AvgIpc) is 4.15. The van der Waals surface area contributed by atoms with Crippen LogP contribution in [0.4, 0.5) is 0 Å². The Bertz CT molecular complexity index is 3440. The van der Waals surface area contributed by atoms with Gasteiger partial charge in [0, 0.05) is 43.1 Å². The Labute approximate surface area is 401 Å². The second kappa shape index (κ2) is 15.8. The molecule has 15 rings (SSSR count). The highest BCUT2D eigenvalue weighted by molar-refractivity contribution is 6.45. The first-order valence-electron chi connectivity index (χ1n) is 27.4. The van der Waals surface area contributed by atoms with Crippen LogP contribution in [0.5, 0.6) is 0 Å². The van der Waals surface area contributed by atoms with Gasteiger partial charge in [-0.3, -0.25) is 0 Å². The van der Waals surface area contributed by atoms with Crippen LogP contribution >= 0.6 is 0 Å². The topological polar surface area (TPSA) is 8.82 Å². The highest BCUT2D eigenvalue weighted by atomic mass is 15.0. The molecule has 0 saturated heterocycles. The molecule has 0 unspecified atom stereocenters. The number of hydrogen-bond acceptors (Lipinski definition) is 0. The minimum atomic E-state index is 0.592. The summed E-state index contributed by atoms with van der Waals surface area (Å²) in [6.07, 6.45) is 26.8. The van der Waals surface area contributed by atoms with Crippen molar-refractivity contribution in [2.45, 2.75) is 152 Å². The minimum Gasteiger partial charge on any atom is -0.308 e. The molecule has 0 aliphatic heterocycles. The maximum atomic E-state index is 2.86. The first kappa shape index (κ1) is 40.1. The average molecular weight is 885 g/mol. The van der Waals surface area contributed by atoms with E-state index in [2.05, 4.69) is 130 Å². The van der Waals surface area contributed by atoms with E-state index in [1.54, 1.807) is 22.3 Å². The molecule has 0 amide bonds. The Hall–Kier alpha value is -5.86. The Morgan fingerprint density at radius 3 is 1.01 bits per heavy atom. The third-order valence-corrected chi connectivity index (χ3v) is 18.7. The van der Waals surface area contributed by atoms with E-state index in [1.807, 2.05) is 0 Å². The van der Waals surface area contributed by atoms with Crippen LogP contribution in [0.2, 0.25) is 0 Å². The molecule has 7 aromatic carbocycles. The van der Waals surface area contributed by atoms with E-state index in [1.165, 1.54) is 227 Å². The zero-order valence-corrected chi connectivity index (χ0v) is 39.9. The zero-order chi connectivity index (χ0) is 44.5. The summed E-state index contributed by atoms with van der Waals surface area (Å²) >= 11 is 0. The van der Waals surface area contributed by atoms with Gasteiger partial charge in [-0.05, 0) is 144 Å². The molecule has 4 fully saturated rings. The van der Waals surface area contributed by atoms with E-state index >= 15 is 0 Å². The fraction of sp³-hybridized carbons (Fsp3) is 0.364. The summed E-state index contributed by atoms with van der Waals surface area (Å²) in [4.78, 5) is 0. The van der Waals surface area contributed by atoms with E-state index < -0.39 is 0 Å². The highest BCUT2D eigenvalue weighted by Crippen LogP contribution is 2.56. The van der Waals surface area contributed by atoms with Gasteiger partial charge in [-0.1, -0.05) is 174 Å². The van der Waals surface area contributed by atoms with Crippen molar-refractivity contribution in [1.29, 1.82) is 0 Å². The molecule has 4 aliphatic carbocycles. The van der Waals surface area contributed by atoms with Crippen molar-refractivity contribution in [3.63, 3.8) is 0 Å². The van der Waals surface area contributed by atoms with Gasteiger partial charge in [-0.15, -0.1) is 0 Å². The van der Waals surface area contributed by atoms with Crippen molar-refractivity contribution >= 4 is 76.2 Å². The molecule has 0 N–H and O–H groups in total. The zero-order valence-electron chi connectivity index (χ0n) is 39.9. The lowest BCUT2D eigenvalue weighted by Gasteiger charge is -2.27. The van der Waals surface area contributed by atoms with Crippen molar-refractivity contribution in [1.82, 2.24) is 8.80 Å². The van der Waals surface area contributed by atoms with Crippen LogP contribution in [0.15, 0.2) is 121 Å². The van der Waals surface area contributed by atoms with Gasteiger partial charge < -0.3 is 8.80 Å².